The number of hydrogen-bond acceptors (Lipinski definition) is 3. The van der Waals surface area contributed by atoms with Crippen molar-refractivity contribution in [2.24, 2.45) is 0 Å². The third-order valence-corrected chi connectivity index (χ3v) is 3.57. The van der Waals surface area contributed by atoms with Gasteiger partial charge in [-0.3, -0.25) is 5.10 Å². The fourth-order valence-corrected chi connectivity index (χ4v) is 2.61. The van der Waals surface area contributed by atoms with Crippen molar-refractivity contribution in [3.05, 3.63) is 33.4 Å². The van der Waals surface area contributed by atoms with E-state index in [0.29, 0.717) is 15.9 Å². The van der Waals surface area contributed by atoms with E-state index in [1.54, 1.807) is 7.11 Å². The van der Waals surface area contributed by atoms with Gasteiger partial charge in [0.05, 0.1) is 11.6 Å². The van der Waals surface area contributed by atoms with Gasteiger partial charge in [0, 0.05) is 5.56 Å². The molecule has 1 aromatic heterocycles. The second-order valence-corrected chi connectivity index (χ2v) is 5.02. The number of benzene rings is 1. The van der Waals surface area contributed by atoms with Crippen LogP contribution in [0.1, 0.15) is 21.6 Å². The number of methoxy groups -OCH3 is 1. The number of nitrogens with zero attached hydrogens (tertiary/aromatic N) is 1. The Hall–Kier alpha value is -1.82. The fraction of sp³-hybridized carbons (Fsp3) is 0.231. The summed E-state index contributed by atoms with van der Waals surface area (Å²) in [5, 5.41) is 15.6. The van der Waals surface area contributed by atoms with Crippen LogP contribution in [-0.4, -0.2) is 28.4 Å². The molecule has 0 atom stereocenters. The predicted molar refractivity (Wildman–Crippen MR) is 74.7 cm³/mol. The van der Waals surface area contributed by atoms with Crippen molar-refractivity contribution in [1.29, 1.82) is 0 Å². The maximum Gasteiger partial charge on any atom is 0.355 e. The van der Waals surface area contributed by atoms with Gasteiger partial charge >= 0.3 is 5.97 Å². The topological polar surface area (TPSA) is 75.2 Å². The fourth-order valence-electron chi connectivity index (χ4n) is 2.05. The minimum absolute atomic E-state index is 0.0243. The number of carbonyl (C=O) groups is 1. The Morgan fingerprint density at radius 2 is 2.11 bits per heavy atom. The van der Waals surface area contributed by atoms with E-state index in [2.05, 4.69) is 26.1 Å². The van der Waals surface area contributed by atoms with Gasteiger partial charge in [-0.1, -0.05) is 6.07 Å². The van der Waals surface area contributed by atoms with Crippen LogP contribution in [0.2, 0.25) is 0 Å². The molecular formula is C13H13BrN2O3. The number of halogens is 1. The highest BCUT2D eigenvalue weighted by Gasteiger charge is 2.21. The standard InChI is InChI=1S/C13H13BrN2O3/c1-6-4-7(2)12(19-3)8(5-6)10-9(14)11(13(17)18)16-15-10/h4-5H,1-3H3,(H,15,16)(H,17,18). The molecule has 0 fully saturated rings. The van der Waals surface area contributed by atoms with Crippen molar-refractivity contribution in [2.45, 2.75) is 13.8 Å². The Kier molecular flexibility index (Phi) is 3.61. The summed E-state index contributed by atoms with van der Waals surface area (Å²) < 4.78 is 5.81. The van der Waals surface area contributed by atoms with Gasteiger partial charge in [-0.2, -0.15) is 5.10 Å². The third-order valence-electron chi connectivity index (χ3n) is 2.80. The van der Waals surface area contributed by atoms with Gasteiger partial charge in [-0.25, -0.2) is 4.79 Å². The number of nitrogens with one attached hydrogen (secondary N) is 1. The molecule has 0 aliphatic rings. The third kappa shape index (κ3) is 2.35. The summed E-state index contributed by atoms with van der Waals surface area (Å²) in [5.41, 5.74) is 3.34. The SMILES string of the molecule is COc1c(C)cc(C)cc1-c1n[nH]c(C(=O)O)c1Br. The Labute approximate surface area is 118 Å². The molecule has 6 heteroatoms. The lowest BCUT2D eigenvalue weighted by atomic mass is 10.0. The number of H-pyrrole nitrogens is 1. The lowest BCUT2D eigenvalue weighted by Crippen LogP contribution is -1.97. The number of aromatic carboxylic acids is 1. The predicted octanol–water partition coefficient (Wildman–Crippen LogP) is 3.16. The van der Waals surface area contributed by atoms with E-state index >= 15 is 0 Å². The molecule has 0 aliphatic heterocycles. The van der Waals surface area contributed by atoms with Gasteiger partial charge in [0.15, 0.2) is 5.69 Å². The van der Waals surface area contributed by atoms with Crippen LogP contribution in [0, 0.1) is 13.8 Å². The maximum absolute atomic E-state index is 11.0. The van der Waals surface area contributed by atoms with Gasteiger partial charge < -0.3 is 9.84 Å². The lowest BCUT2D eigenvalue weighted by molar-refractivity contribution is 0.0689. The van der Waals surface area contributed by atoms with E-state index < -0.39 is 5.97 Å². The first kappa shape index (κ1) is 13.6. The Morgan fingerprint density at radius 1 is 1.42 bits per heavy atom. The van der Waals surface area contributed by atoms with Crippen LogP contribution >= 0.6 is 15.9 Å². The number of hydrogen-bond donors (Lipinski definition) is 2. The van der Waals surface area contributed by atoms with Gasteiger partial charge in [0.25, 0.3) is 0 Å². The molecule has 100 valence electrons. The second-order valence-electron chi connectivity index (χ2n) is 4.23. The molecule has 2 N–H and O–H groups in total. The summed E-state index contributed by atoms with van der Waals surface area (Å²) >= 11 is 3.27. The minimum Gasteiger partial charge on any atom is -0.496 e. The summed E-state index contributed by atoms with van der Waals surface area (Å²) in [6.45, 7) is 3.91. The molecule has 2 aromatic rings. The zero-order valence-electron chi connectivity index (χ0n) is 10.7. The molecule has 0 bridgehead atoms. The monoisotopic (exact) mass is 324 g/mol. The number of rotatable bonds is 3. The molecule has 0 aliphatic carbocycles. The molecule has 5 nitrogen and oxygen atoms in total. The van der Waals surface area contributed by atoms with Crippen molar-refractivity contribution in [3.8, 4) is 17.0 Å². The van der Waals surface area contributed by atoms with Crippen LogP contribution in [-0.2, 0) is 0 Å². The van der Waals surface area contributed by atoms with Crippen LogP contribution in [0.25, 0.3) is 11.3 Å². The van der Waals surface area contributed by atoms with Crippen molar-refractivity contribution >= 4 is 21.9 Å². The molecule has 0 radical (unpaired) electrons. The van der Waals surface area contributed by atoms with Gasteiger partial charge in [0.1, 0.15) is 11.4 Å². The summed E-state index contributed by atoms with van der Waals surface area (Å²) in [6.07, 6.45) is 0. The van der Waals surface area contributed by atoms with Crippen LogP contribution < -0.4 is 4.74 Å². The van der Waals surface area contributed by atoms with E-state index in [1.165, 1.54) is 0 Å². The zero-order chi connectivity index (χ0) is 14.2. The van der Waals surface area contributed by atoms with E-state index in [9.17, 15) is 4.79 Å². The number of aryl methyl sites for hydroxylation is 2. The number of carboxylic acids is 1. The van der Waals surface area contributed by atoms with Gasteiger partial charge in [0.2, 0.25) is 0 Å². The van der Waals surface area contributed by atoms with Crippen LogP contribution in [0.4, 0.5) is 0 Å². The molecule has 0 spiro atoms. The summed E-state index contributed by atoms with van der Waals surface area (Å²) in [4.78, 5) is 11.0. The number of ether oxygens (including phenoxy) is 1. The highest BCUT2D eigenvalue weighted by Crippen LogP contribution is 2.37. The first-order valence-electron chi connectivity index (χ1n) is 5.58. The zero-order valence-corrected chi connectivity index (χ0v) is 12.3. The minimum atomic E-state index is -1.06. The molecule has 0 amide bonds. The van der Waals surface area contributed by atoms with Gasteiger partial charge in [-0.05, 0) is 47.0 Å². The van der Waals surface area contributed by atoms with Crippen molar-refractivity contribution in [2.75, 3.05) is 7.11 Å². The van der Waals surface area contributed by atoms with Crippen molar-refractivity contribution in [1.82, 2.24) is 10.2 Å². The van der Waals surface area contributed by atoms with E-state index in [1.807, 2.05) is 26.0 Å². The molecule has 0 saturated heterocycles. The van der Waals surface area contributed by atoms with E-state index in [4.69, 9.17) is 9.84 Å². The lowest BCUT2D eigenvalue weighted by Gasteiger charge is -2.11. The molecule has 19 heavy (non-hydrogen) atoms. The molecule has 0 unspecified atom stereocenters. The Morgan fingerprint density at radius 3 is 2.63 bits per heavy atom. The van der Waals surface area contributed by atoms with Crippen molar-refractivity contribution in [3.63, 3.8) is 0 Å². The summed E-state index contributed by atoms with van der Waals surface area (Å²) in [6, 6.07) is 3.92. The van der Waals surface area contributed by atoms with Crippen LogP contribution in [0.15, 0.2) is 16.6 Å². The van der Waals surface area contributed by atoms with Crippen molar-refractivity contribution < 1.29 is 14.6 Å². The van der Waals surface area contributed by atoms with Crippen LogP contribution in [0.3, 0.4) is 0 Å². The number of aromatic nitrogens is 2. The van der Waals surface area contributed by atoms with E-state index in [-0.39, 0.29) is 5.69 Å². The first-order chi connectivity index (χ1) is 8.95. The smallest absolute Gasteiger partial charge is 0.355 e. The number of aromatic amines is 1. The molecule has 1 aromatic carbocycles. The average molecular weight is 325 g/mol. The summed E-state index contributed by atoms with van der Waals surface area (Å²) in [5.74, 6) is -0.372. The maximum atomic E-state index is 11.0. The molecular weight excluding hydrogens is 312 g/mol. The molecule has 0 saturated carbocycles. The quantitative estimate of drug-likeness (QED) is 0.909. The average Bonchev–Trinajstić information content (AvgIpc) is 2.70. The summed E-state index contributed by atoms with van der Waals surface area (Å²) in [7, 11) is 1.58. The first-order valence-corrected chi connectivity index (χ1v) is 6.37. The second kappa shape index (κ2) is 5.05. The molecule has 1 heterocycles. The van der Waals surface area contributed by atoms with E-state index in [0.717, 1.165) is 16.7 Å². The highest BCUT2D eigenvalue weighted by atomic mass is 79.9. The van der Waals surface area contributed by atoms with Crippen LogP contribution in [0.5, 0.6) is 5.75 Å². The normalized spacial score (nSPS) is 10.5. The largest absolute Gasteiger partial charge is 0.496 e. The highest BCUT2D eigenvalue weighted by molar-refractivity contribution is 9.10. The van der Waals surface area contributed by atoms with Gasteiger partial charge in [-0.15, -0.1) is 0 Å². The Bertz CT molecular complexity index is 650. The number of carboxylic acid groups (broad SMARTS) is 1. The molecule has 2 rings (SSSR count). The Balaban J connectivity index is 2.68.